The second kappa shape index (κ2) is 8.94. The van der Waals surface area contributed by atoms with Crippen LogP contribution in [0.1, 0.15) is 46.1 Å². The number of nitrogens with one attached hydrogen (secondary N) is 1. The van der Waals surface area contributed by atoms with Crippen LogP contribution in [0.15, 0.2) is 17.8 Å². The Kier molecular flexibility index (Phi) is 6.91. The molecule has 3 amide bonds. The zero-order chi connectivity index (χ0) is 19.3. The van der Waals surface area contributed by atoms with Gasteiger partial charge in [0.25, 0.3) is 5.91 Å². The van der Waals surface area contributed by atoms with Crippen molar-refractivity contribution in [2.45, 2.75) is 46.6 Å². The minimum Gasteiger partial charge on any atom is -0.490 e. The highest BCUT2D eigenvalue weighted by Crippen LogP contribution is 2.38. The summed E-state index contributed by atoms with van der Waals surface area (Å²) in [4.78, 5) is 25.4. The van der Waals surface area contributed by atoms with Crippen LogP contribution in [-0.4, -0.2) is 36.1 Å². The number of nitrogens with zero attached hydrogens (tertiary/aromatic N) is 1. The van der Waals surface area contributed by atoms with E-state index in [4.69, 9.17) is 21.1 Å². The van der Waals surface area contributed by atoms with Gasteiger partial charge in [0.15, 0.2) is 11.5 Å². The molecular weight excluding hydrogens is 356 g/mol. The molecule has 0 radical (unpaired) electrons. The Morgan fingerprint density at radius 2 is 2.00 bits per heavy atom. The van der Waals surface area contributed by atoms with Gasteiger partial charge in [-0.15, -0.1) is 0 Å². The van der Waals surface area contributed by atoms with Crippen molar-refractivity contribution >= 4 is 29.6 Å². The van der Waals surface area contributed by atoms with E-state index in [0.29, 0.717) is 41.7 Å². The fourth-order valence-electron chi connectivity index (χ4n) is 2.50. The lowest BCUT2D eigenvalue weighted by atomic mass is 10.1. The van der Waals surface area contributed by atoms with E-state index >= 15 is 0 Å². The van der Waals surface area contributed by atoms with Crippen molar-refractivity contribution in [1.29, 1.82) is 0 Å². The first-order chi connectivity index (χ1) is 12.4. The average Bonchev–Trinajstić information content (AvgIpc) is 2.86. The molecule has 1 aliphatic heterocycles. The van der Waals surface area contributed by atoms with Crippen molar-refractivity contribution < 1.29 is 19.1 Å². The van der Waals surface area contributed by atoms with Crippen molar-refractivity contribution in [3.8, 4) is 11.5 Å². The Morgan fingerprint density at radius 1 is 1.27 bits per heavy atom. The zero-order valence-corrected chi connectivity index (χ0v) is 16.4. The fraction of sp³-hybridized carbons (Fsp3) is 0.474. The summed E-state index contributed by atoms with van der Waals surface area (Å²) in [6.07, 6.45) is 3.13. The highest BCUT2D eigenvalue weighted by Gasteiger charge is 2.32. The highest BCUT2D eigenvalue weighted by molar-refractivity contribution is 6.32. The molecule has 1 aromatic rings. The molecule has 1 aromatic carbocycles. The van der Waals surface area contributed by atoms with Gasteiger partial charge in [0.2, 0.25) is 0 Å². The predicted molar refractivity (Wildman–Crippen MR) is 102 cm³/mol. The lowest BCUT2D eigenvalue weighted by Crippen LogP contribution is -2.31. The van der Waals surface area contributed by atoms with Gasteiger partial charge >= 0.3 is 6.03 Å². The summed E-state index contributed by atoms with van der Waals surface area (Å²) in [6, 6.07) is 3.04. The molecule has 26 heavy (non-hydrogen) atoms. The monoisotopic (exact) mass is 380 g/mol. The van der Waals surface area contributed by atoms with Crippen molar-refractivity contribution in [2.75, 3.05) is 13.2 Å². The molecule has 1 saturated heterocycles. The van der Waals surface area contributed by atoms with E-state index in [1.54, 1.807) is 18.2 Å². The number of ether oxygens (including phenoxy) is 2. The average molecular weight is 381 g/mol. The van der Waals surface area contributed by atoms with Crippen LogP contribution < -0.4 is 14.8 Å². The van der Waals surface area contributed by atoms with Crippen LogP contribution in [0.4, 0.5) is 4.79 Å². The number of amides is 3. The molecule has 0 bridgehead atoms. The molecule has 1 N–H and O–H groups in total. The van der Waals surface area contributed by atoms with Crippen LogP contribution in [0.5, 0.6) is 11.5 Å². The van der Waals surface area contributed by atoms with Crippen LogP contribution >= 0.6 is 11.6 Å². The molecule has 0 aliphatic carbocycles. The number of halogens is 1. The van der Waals surface area contributed by atoms with Crippen molar-refractivity contribution in [1.82, 2.24) is 10.2 Å². The number of hydrogen-bond donors (Lipinski definition) is 1. The van der Waals surface area contributed by atoms with E-state index in [1.807, 2.05) is 27.7 Å². The van der Waals surface area contributed by atoms with Crippen LogP contribution in [0, 0.1) is 0 Å². The quantitative estimate of drug-likeness (QED) is 0.541. The molecule has 7 heteroatoms. The van der Waals surface area contributed by atoms with Gasteiger partial charge in [0, 0.05) is 6.54 Å². The molecule has 6 nitrogen and oxygen atoms in total. The fourth-order valence-corrected chi connectivity index (χ4v) is 2.76. The molecule has 1 aliphatic rings. The Morgan fingerprint density at radius 3 is 2.62 bits per heavy atom. The minimum absolute atomic E-state index is 0.00536. The van der Waals surface area contributed by atoms with Crippen LogP contribution in [0.2, 0.25) is 5.02 Å². The summed E-state index contributed by atoms with van der Waals surface area (Å²) in [5.41, 5.74) is 0.870. The van der Waals surface area contributed by atoms with E-state index in [9.17, 15) is 9.59 Å². The number of carbonyl (C=O) groups excluding carboxylic acids is 2. The second-order valence-electron chi connectivity index (χ2n) is 6.04. The Hall–Kier alpha value is -2.21. The summed E-state index contributed by atoms with van der Waals surface area (Å²) in [5.74, 6) is 0.652. The molecular formula is C19H25ClN2O4. The van der Waals surface area contributed by atoms with Gasteiger partial charge in [-0.3, -0.25) is 9.69 Å². The van der Waals surface area contributed by atoms with E-state index in [1.165, 1.54) is 4.90 Å². The smallest absolute Gasteiger partial charge is 0.329 e. The largest absolute Gasteiger partial charge is 0.490 e. The SMILES string of the molecule is CCCN1C(=O)N/C(=C/c2cc(Cl)c(O[C@H](C)CC)c(OCC)c2)C1=O. The topological polar surface area (TPSA) is 67.9 Å². The first kappa shape index (κ1) is 20.1. The van der Waals surface area contributed by atoms with Crippen molar-refractivity contribution in [2.24, 2.45) is 0 Å². The van der Waals surface area contributed by atoms with E-state index in [0.717, 1.165) is 6.42 Å². The van der Waals surface area contributed by atoms with Gasteiger partial charge in [-0.1, -0.05) is 25.4 Å². The molecule has 1 atom stereocenters. The molecule has 0 unspecified atom stereocenters. The Balaban J connectivity index is 2.36. The maximum Gasteiger partial charge on any atom is 0.329 e. The van der Waals surface area contributed by atoms with E-state index in [-0.39, 0.29) is 17.7 Å². The number of urea groups is 1. The molecule has 142 valence electrons. The summed E-state index contributed by atoms with van der Waals surface area (Å²) >= 11 is 6.38. The number of carbonyl (C=O) groups is 2. The third-order valence-electron chi connectivity index (χ3n) is 3.95. The van der Waals surface area contributed by atoms with Gasteiger partial charge in [-0.2, -0.15) is 0 Å². The number of benzene rings is 1. The van der Waals surface area contributed by atoms with Crippen molar-refractivity contribution in [3.63, 3.8) is 0 Å². The molecule has 1 fully saturated rings. The summed E-state index contributed by atoms with van der Waals surface area (Å²) in [6.45, 7) is 8.59. The minimum atomic E-state index is -0.407. The third-order valence-corrected chi connectivity index (χ3v) is 4.23. The number of rotatable bonds is 8. The van der Waals surface area contributed by atoms with Gasteiger partial charge in [0.05, 0.1) is 17.7 Å². The summed E-state index contributed by atoms with van der Waals surface area (Å²) in [5, 5.41) is 2.99. The predicted octanol–water partition coefficient (Wildman–Crippen LogP) is 4.22. The number of hydrogen-bond acceptors (Lipinski definition) is 4. The van der Waals surface area contributed by atoms with Gasteiger partial charge in [-0.05, 0) is 50.5 Å². The Labute approximate surface area is 159 Å². The Bertz CT molecular complexity index is 718. The van der Waals surface area contributed by atoms with E-state index < -0.39 is 6.03 Å². The molecule has 0 aromatic heterocycles. The van der Waals surface area contributed by atoms with E-state index in [2.05, 4.69) is 5.32 Å². The lowest BCUT2D eigenvalue weighted by Gasteiger charge is -2.18. The summed E-state index contributed by atoms with van der Waals surface area (Å²) in [7, 11) is 0. The maximum atomic E-state index is 12.3. The van der Waals surface area contributed by atoms with Gasteiger partial charge in [0.1, 0.15) is 5.70 Å². The standard InChI is InChI=1S/C19H25ClN2O4/c1-5-8-22-18(23)15(21-19(22)24)10-13-9-14(20)17(26-12(4)6-2)16(11-13)25-7-3/h9-12H,5-8H2,1-4H3,(H,21,24)/b15-10+/t12-/m1/s1. The zero-order valence-electron chi connectivity index (χ0n) is 15.6. The van der Waals surface area contributed by atoms with Crippen LogP contribution in [0.25, 0.3) is 6.08 Å². The molecule has 2 rings (SSSR count). The van der Waals surface area contributed by atoms with Crippen molar-refractivity contribution in [3.05, 3.63) is 28.4 Å². The van der Waals surface area contributed by atoms with Gasteiger partial charge in [-0.25, -0.2) is 4.79 Å². The van der Waals surface area contributed by atoms with Gasteiger partial charge < -0.3 is 14.8 Å². The molecule has 0 spiro atoms. The number of imide groups is 1. The van der Waals surface area contributed by atoms with Crippen LogP contribution in [0.3, 0.4) is 0 Å². The highest BCUT2D eigenvalue weighted by atomic mass is 35.5. The first-order valence-corrected chi connectivity index (χ1v) is 9.26. The normalized spacial score (nSPS) is 16.8. The lowest BCUT2D eigenvalue weighted by molar-refractivity contribution is -0.122. The molecule has 0 saturated carbocycles. The van der Waals surface area contributed by atoms with Crippen LogP contribution in [-0.2, 0) is 4.79 Å². The third kappa shape index (κ3) is 4.49. The maximum absolute atomic E-state index is 12.3. The first-order valence-electron chi connectivity index (χ1n) is 8.88. The summed E-state index contributed by atoms with van der Waals surface area (Å²) < 4.78 is 11.5. The molecule has 1 heterocycles. The second-order valence-corrected chi connectivity index (χ2v) is 6.45.